The van der Waals surface area contributed by atoms with Gasteiger partial charge in [-0.3, -0.25) is 4.72 Å². The molecular formula is C10H15FN2O3S. The highest BCUT2D eigenvalue weighted by Crippen LogP contribution is 2.25. The van der Waals surface area contributed by atoms with Gasteiger partial charge in [0.2, 0.25) is 0 Å². The van der Waals surface area contributed by atoms with E-state index < -0.39 is 16.0 Å². The maximum Gasteiger partial charge on any atom is 0.301 e. The number of phenolic OH excluding ortho intramolecular Hbond substituents is 1. The highest BCUT2D eigenvalue weighted by molar-refractivity contribution is 7.90. The van der Waals surface area contributed by atoms with Crippen molar-refractivity contribution in [2.45, 2.75) is 13.8 Å². The van der Waals surface area contributed by atoms with Crippen LogP contribution < -0.4 is 4.72 Å². The van der Waals surface area contributed by atoms with Crippen LogP contribution in [0.3, 0.4) is 0 Å². The molecule has 0 spiro atoms. The van der Waals surface area contributed by atoms with Crippen LogP contribution in [-0.2, 0) is 10.2 Å². The number of hydrogen-bond acceptors (Lipinski definition) is 3. The van der Waals surface area contributed by atoms with Crippen molar-refractivity contribution in [3.8, 4) is 5.75 Å². The zero-order valence-electron chi connectivity index (χ0n) is 9.64. The molecule has 7 heteroatoms. The van der Waals surface area contributed by atoms with Gasteiger partial charge in [-0.25, -0.2) is 4.39 Å². The molecule has 0 aromatic heterocycles. The average Bonchev–Trinajstić information content (AvgIpc) is 2.24. The summed E-state index contributed by atoms with van der Waals surface area (Å²) in [5, 5.41) is 9.41. The number of nitrogens with zero attached hydrogens (tertiary/aromatic N) is 1. The summed E-state index contributed by atoms with van der Waals surface area (Å²) in [4.78, 5) is 0. The van der Waals surface area contributed by atoms with Gasteiger partial charge in [0.1, 0.15) is 11.6 Å². The number of nitrogens with one attached hydrogen (secondary N) is 1. The number of benzene rings is 1. The molecule has 0 atom stereocenters. The van der Waals surface area contributed by atoms with Gasteiger partial charge in [-0.05, 0) is 12.1 Å². The number of rotatable bonds is 5. The van der Waals surface area contributed by atoms with Crippen molar-refractivity contribution in [1.82, 2.24) is 4.31 Å². The van der Waals surface area contributed by atoms with Crippen LogP contribution in [0.25, 0.3) is 0 Å². The van der Waals surface area contributed by atoms with E-state index in [2.05, 4.69) is 4.72 Å². The molecule has 5 nitrogen and oxygen atoms in total. The number of halogens is 1. The largest absolute Gasteiger partial charge is 0.506 e. The molecule has 1 rings (SSSR count). The normalized spacial score (nSPS) is 11.8. The molecule has 0 aliphatic heterocycles. The fourth-order valence-electron chi connectivity index (χ4n) is 1.36. The van der Waals surface area contributed by atoms with E-state index in [1.165, 1.54) is 0 Å². The highest BCUT2D eigenvalue weighted by Gasteiger charge is 2.19. The summed E-state index contributed by atoms with van der Waals surface area (Å²) < 4.78 is 39.8. The van der Waals surface area contributed by atoms with E-state index in [-0.39, 0.29) is 11.4 Å². The quantitative estimate of drug-likeness (QED) is 0.791. The fourth-order valence-corrected chi connectivity index (χ4v) is 2.61. The van der Waals surface area contributed by atoms with Gasteiger partial charge in [0, 0.05) is 19.2 Å². The molecule has 0 heterocycles. The molecule has 0 unspecified atom stereocenters. The first-order chi connectivity index (χ1) is 7.90. The Balaban J connectivity index is 3.01. The molecule has 0 amide bonds. The molecule has 0 radical (unpaired) electrons. The number of anilines is 1. The molecule has 0 bridgehead atoms. The second-order valence-electron chi connectivity index (χ2n) is 3.35. The number of phenols is 1. The summed E-state index contributed by atoms with van der Waals surface area (Å²) in [6.45, 7) is 3.96. The minimum atomic E-state index is -3.76. The second kappa shape index (κ2) is 5.33. The first kappa shape index (κ1) is 13.7. The zero-order chi connectivity index (χ0) is 13.1. The molecule has 0 saturated carbocycles. The molecule has 0 fully saturated rings. The van der Waals surface area contributed by atoms with Gasteiger partial charge in [-0.1, -0.05) is 13.8 Å². The van der Waals surface area contributed by atoms with Gasteiger partial charge in [0.05, 0.1) is 5.69 Å². The van der Waals surface area contributed by atoms with E-state index in [9.17, 15) is 17.9 Å². The predicted molar refractivity (Wildman–Crippen MR) is 63.5 cm³/mol. The van der Waals surface area contributed by atoms with E-state index in [1.54, 1.807) is 13.8 Å². The molecule has 2 N–H and O–H groups in total. The van der Waals surface area contributed by atoms with Crippen LogP contribution in [0.5, 0.6) is 5.75 Å². The first-order valence-corrected chi connectivity index (χ1v) is 6.61. The summed E-state index contributed by atoms with van der Waals surface area (Å²) in [6.07, 6.45) is 0. The average molecular weight is 262 g/mol. The van der Waals surface area contributed by atoms with E-state index in [4.69, 9.17) is 0 Å². The molecule has 0 aliphatic rings. The lowest BCUT2D eigenvalue weighted by molar-refractivity contribution is 0.448. The third-order valence-corrected chi connectivity index (χ3v) is 3.92. The van der Waals surface area contributed by atoms with Crippen LogP contribution in [0.1, 0.15) is 13.8 Å². The standard InChI is InChI=1S/C10H15FN2O3S/c1-3-13(4-2)17(15,16)12-9-7-8(11)5-6-10(9)14/h5-7,12,14H,3-4H2,1-2H3. The Labute approximate surface area is 100 Å². The molecular weight excluding hydrogens is 247 g/mol. The third kappa shape index (κ3) is 3.31. The Kier molecular flexibility index (Phi) is 4.30. The summed E-state index contributed by atoms with van der Waals surface area (Å²) in [5.41, 5.74) is -0.170. The molecule has 0 aliphatic carbocycles. The fraction of sp³-hybridized carbons (Fsp3) is 0.400. The van der Waals surface area contributed by atoms with Crippen LogP contribution >= 0.6 is 0 Å². The van der Waals surface area contributed by atoms with Gasteiger partial charge in [0.25, 0.3) is 0 Å². The predicted octanol–water partition coefficient (Wildman–Crippen LogP) is 1.53. The lowest BCUT2D eigenvalue weighted by atomic mass is 10.3. The number of hydrogen-bond donors (Lipinski definition) is 2. The van der Waals surface area contributed by atoms with Gasteiger partial charge in [0.15, 0.2) is 0 Å². The maximum absolute atomic E-state index is 12.9. The Bertz CT molecular complexity index is 486. The monoisotopic (exact) mass is 262 g/mol. The summed E-state index contributed by atoms with van der Waals surface area (Å²) in [7, 11) is -3.76. The Morgan fingerprint density at radius 1 is 1.35 bits per heavy atom. The minimum absolute atomic E-state index is 0.170. The van der Waals surface area contributed by atoms with Crippen molar-refractivity contribution in [3.05, 3.63) is 24.0 Å². The van der Waals surface area contributed by atoms with Gasteiger partial charge in [-0.15, -0.1) is 0 Å². The van der Waals surface area contributed by atoms with Crippen molar-refractivity contribution in [3.63, 3.8) is 0 Å². The van der Waals surface area contributed by atoms with Gasteiger partial charge >= 0.3 is 10.2 Å². The van der Waals surface area contributed by atoms with Crippen molar-refractivity contribution in [2.24, 2.45) is 0 Å². The van der Waals surface area contributed by atoms with Crippen molar-refractivity contribution in [2.75, 3.05) is 17.8 Å². The molecule has 0 saturated heterocycles. The first-order valence-electron chi connectivity index (χ1n) is 5.17. The van der Waals surface area contributed by atoms with E-state index in [0.29, 0.717) is 13.1 Å². The van der Waals surface area contributed by atoms with E-state index >= 15 is 0 Å². The molecule has 96 valence electrons. The van der Waals surface area contributed by atoms with Crippen molar-refractivity contribution < 1.29 is 17.9 Å². The van der Waals surface area contributed by atoms with Crippen LogP contribution in [0.15, 0.2) is 18.2 Å². The summed E-state index contributed by atoms with van der Waals surface area (Å²) in [6, 6.07) is 3.07. The topological polar surface area (TPSA) is 69.6 Å². The second-order valence-corrected chi connectivity index (χ2v) is 5.02. The lowest BCUT2D eigenvalue weighted by Crippen LogP contribution is -2.35. The third-order valence-electron chi connectivity index (χ3n) is 2.24. The molecule has 17 heavy (non-hydrogen) atoms. The maximum atomic E-state index is 12.9. The highest BCUT2D eigenvalue weighted by atomic mass is 32.2. The smallest absolute Gasteiger partial charge is 0.301 e. The SMILES string of the molecule is CCN(CC)S(=O)(=O)Nc1cc(F)ccc1O. The van der Waals surface area contributed by atoms with Crippen molar-refractivity contribution >= 4 is 15.9 Å². The van der Waals surface area contributed by atoms with Crippen LogP contribution in [0.4, 0.5) is 10.1 Å². The minimum Gasteiger partial charge on any atom is -0.506 e. The Morgan fingerprint density at radius 3 is 2.47 bits per heavy atom. The Hall–Kier alpha value is -1.34. The molecule has 1 aromatic carbocycles. The summed E-state index contributed by atoms with van der Waals surface area (Å²) in [5.74, 6) is -0.942. The van der Waals surface area contributed by atoms with E-state index in [0.717, 1.165) is 22.5 Å². The number of aromatic hydroxyl groups is 1. The molecule has 1 aromatic rings. The van der Waals surface area contributed by atoms with Crippen molar-refractivity contribution in [1.29, 1.82) is 0 Å². The van der Waals surface area contributed by atoms with Crippen LogP contribution in [-0.4, -0.2) is 30.9 Å². The van der Waals surface area contributed by atoms with Gasteiger partial charge < -0.3 is 5.11 Å². The van der Waals surface area contributed by atoms with Crippen LogP contribution in [0, 0.1) is 5.82 Å². The Morgan fingerprint density at radius 2 is 1.94 bits per heavy atom. The van der Waals surface area contributed by atoms with Gasteiger partial charge in [-0.2, -0.15) is 12.7 Å². The summed E-state index contributed by atoms with van der Waals surface area (Å²) >= 11 is 0. The van der Waals surface area contributed by atoms with E-state index in [1.807, 2.05) is 0 Å². The van der Waals surface area contributed by atoms with Crippen LogP contribution in [0.2, 0.25) is 0 Å². The zero-order valence-corrected chi connectivity index (χ0v) is 10.5. The lowest BCUT2D eigenvalue weighted by Gasteiger charge is -2.19.